The lowest BCUT2D eigenvalue weighted by Crippen LogP contribution is -2.33. The summed E-state index contributed by atoms with van der Waals surface area (Å²) in [6.07, 6.45) is -2.56. The van der Waals surface area contributed by atoms with Crippen molar-refractivity contribution in [3.05, 3.63) is 59.4 Å². The van der Waals surface area contributed by atoms with Crippen LogP contribution in [0.2, 0.25) is 0 Å². The van der Waals surface area contributed by atoms with E-state index in [1.54, 1.807) is 12.1 Å². The fourth-order valence-electron chi connectivity index (χ4n) is 3.33. The zero-order valence-corrected chi connectivity index (χ0v) is 13.6. The Morgan fingerprint density at radius 1 is 1.23 bits per heavy atom. The van der Waals surface area contributed by atoms with E-state index in [4.69, 9.17) is 4.74 Å². The van der Waals surface area contributed by atoms with Crippen LogP contribution in [-0.4, -0.2) is 29.6 Å². The number of benzene rings is 1. The summed E-state index contributed by atoms with van der Waals surface area (Å²) in [5.74, 6) is -0.565. The van der Waals surface area contributed by atoms with Gasteiger partial charge >= 0.3 is 6.18 Å². The molecule has 140 valence electrons. The van der Waals surface area contributed by atoms with Crippen molar-refractivity contribution in [2.24, 2.45) is 0 Å². The molecule has 0 spiro atoms. The molecule has 2 N–H and O–H groups in total. The second-order valence-corrected chi connectivity index (χ2v) is 6.44. The summed E-state index contributed by atoms with van der Waals surface area (Å²) >= 11 is 0. The maximum atomic E-state index is 12.5. The molecule has 2 fully saturated rings. The molecule has 4 rings (SSSR count). The maximum absolute atomic E-state index is 12.5. The maximum Gasteiger partial charge on any atom is 0.417 e. The molecular weight excluding hydrogens is 347 g/mol. The van der Waals surface area contributed by atoms with E-state index < -0.39 is 17.6 Å². The average molecular weight is 367 g/mol. The van der Waals surface area contributed by atoms with Crippen molar-refractivity contribution < 1.29 is 25.6 Å². The standard InChI is InChI=1S/C18H16F3N3O2.2H2/c19-18(20,21)11-3-6-14(22-8-11)17(25)24-12-4-1-10(2-5-12)16-15-7-13(26-16)9-23-15;;/h1-6,8,13,15-16,23H,7,9H2,(H,24,25);2*1H/t13?,15-,16+;;/m0../s1. The van der Waals surface area contributed by atoms with Crippen LogP contribution >= 0.6 is 0 Å². The van der Waals surface area contributed by atoms with Gasteiger partial charge in [0.05, 0.1) is 17.8 Å². The Balaban J connectivity index is 0.00000140. The van der Waals surface area contributed by atoms with Crippen molar-refractivity contribution in [1.82, 2.24) is 10.3 Å². The van der Waals surface area contributed by atoms with Crippen molar-refractivity contribution in [2.45, 2.75) is 30.8 Å². The van der Waals surface area contributed by atoms with E-state index in [2.05, 4.69) is 15.6 Å². The first-order chi connectivity index (χ1) is 12.4. The predicted molar refractivity (Wildman–Crippen MR) is 91.9 cm³/mol. The van der Waals surface area contributed by atoms with Crippen LogP contribution in [0.5, 0.6) is 0 Å². The van der Waals surface area contributed by atoms with E-state index in [1.807, 2.05) is 12.1 Å². The molecule has 2 bridgehead atoms. The van der Waals surface area contributed by atoms with Crippen LogP contribution in [0, 0.1) is 0 Å². The highest BCUT2D eigenvalue weighted by atomic mass is 19.4. The molecule has 3 heterocycles. The number of hydrogen-bond donors (Lipinski definition) is 2. The zero-order chi connectivity index (χ0) is 18.3. The van der Waals surface area contributed by atoms with Gasteiger partial charge in [-0.05, 0) is 36.2 Å². The van der Waals surface area contributed by atoms with Gasteiger partial charge in [-0.25, -0.2) is 0 Å². The van der Waals surface area contributed by atoms with Crippen molar-refractivity contribution in [2.75, 3.05) is 11.9 Å². The number of morpholine rings is 1. The topological polar surface area (TPSA) is 63.2 Å². The van der Waals surface area contributed by atoms with Gasteiger partial charge in [0.2, 0.25) is 0 Å². The van der Waals surface area contributed by atoms with Gasteiger partial charge < -0.3 is 15.4 Å². The highest BCUT2D eigenvalue weighted by molar-refractivity contribution is 6.02. The quantitative estimate of drug-likeness (QED) is 0.869. The molecule has 8 heteroatoms. The normalized spacial score (nSPS) is 24.7. The molecule has 2 aliphatic rings. The van der Waals surface area contributed by atoms with Gasteiger partial charge in [0.25, 0.3) is 5.91 Å². The molecule has 0 saturated carbocycles. The highest BCUT2D eigenvalue weighted by Crippen LogP contribution is 2.37. The average Bonchev–Trinajstić information content (AvgIpc) is 3.25. The number of halogens is 3. The lowest BCUT2D eigenvalue weighted by molar-refractivity contribution is -0.137. The Hall–Kier alpha value is -2.45. The molecule has 5 nitrogen and oxygen atoms in total. The Morgan fingerprint density at radius 3 is 2.54 bits per heavy atom. The molecule has 3 atom stereocenters. The second kappa shape index (κ2) is 6.37. The first kappa shape index (κ1) is 17.0. The third kappa shape index (κ3) is 3.30. The van der Waals surface area contributed by atoms with Crippen molar-refractivity contribution in [3.8, 4) is 0 Å². The minimum atomic E-state index is -4.48. The van der Waals surface area contributed by atoms with E-state index >= 15 is 0 Å². The molecule has 1 aromatic carbocycles. The smallest absolute Gasteiger partial charge is 0.367 e. The molecule has 1 aromatic heterocycles. The molecule has 2 aromatic rings. The SMILES string of the molecule is O=C(Nc1ccc([C@H]2OC3CN[C@H]2C3)cc1)c1ccc(C(F)(F)F)cn1.[HH].[HH]. The second-order valence-electron chi connectivity index (χ2n) is 6.44. The van der Waals surface area contributed by atoms with Gasteiger partial charge in [-0.3, -0.25) is 9.78 Å². The summed E-state index contributed by atoms with van der Waals surface area (Å²) in [5.41, 5.74) is 0.590. The monoisotopic (exact) mass is 367 g/mol. The highest BCUT2D eigenvalue weighted by Gasteiger charge is 2.41. The van der Waals surface area contributed by atoms with Crippen LogP contribution in [0.25, 0.3) is 0 Å². The Labute approximate surface area is 150 Å². The number of pyridine rings is 1. The van der Waals surface area contributed by atoms with Crippen LogP contribution in [0.15, 0.2) is 42.6 Å². The van der Waals surface area contributed by atoms with Crippen LogP contribution < -0.4 is 10.6 Å². The van der Waals surface area contributed by atoms with E-state index in [0.29, 0.717) is 17.9 Å². The van der Waals surface area contributed by atoms with Gasteiger partial charge in [-0.2, -0.15) is 13.2 Å². The fraction of sp³-hybridized carbons (Fsp3) is 0.333. The molecule has 1 amide bonds. The lowest BCUT2D eigenvalue weighted by Gasteiger charge is -2.23. The number of anilines is 1. The third-order valence-electron chi connectivity index (χ3n) is 4.65. The summed E-state index contributed by atoms with van der Waals surface area (Å²) in [6.45, 7) is 0.884. The lowest BCUT2D eigenvalue weighted by atomic mass is 10.0. The number of aromatic nitrogens is 1. The molecule has 2 saturated heterocycles. The number of carbonyl (C=O) groups excluding carboxylic acids is 1. The van der Waals surface area contributed by atoms with Crippen LogP contribution in [0.3, 0.4) is 0 Å². The summed E-state index contributed by atoms with van der Waals surface area (Å²) in [6, 6.07) is 9.45. The van der Waals surface area contributed by atoms with Gasteiger partial charge in [0.15, 0.2) is 0 Å². The summed E-state index contributed by atoms with van der Waals surface area (Å²) in [5, 5.41) is 6.03. The summed E-state index contributed by atoms with van der Waals surface area (Å²) < 4.78 is 43.5. The number of fused-ring (bicyclic) bond motifs is 2. The Morgan fingerprint density at radius 2 is 2.00 bits per heavy atom. The molecule has 26 heavy (non-hydrogen) atoms. The van der Waals surface area contributed by atoms with E-state index in [1.165, 1.54) is 0 Å². The van der Waals surface area contributed by atoms with Gasteiger partial charge in [0, 0.05) is 27.3 Å². The number of rotatable bonds is 3. The van der Waals surface area contributed by atoms with E-state index in [9.17, 15) is 18.0 Å². The van der Waals surface area contributed by atoms with Crippen molar-refractivity contribution in [1.29, 1.82) is 0 Å². The third-order valence-corrected chi connectivity index (χ3v) is 4.65. The van der Waals surface area contributed by atoms with Crippen LogP contribution in [-0.2, 0) is 10.9 Å². The Kier molecular flexibility index (Phi) is 4.16. The minimum absolute atomic E-state index is 0. The summed E-state index contributed by atoms with van der Waals surface area (Å²) in [4.78, 5) is 15.7. The van der Waals surface area contributed by atoms with E-state index in [0.717, 1.165) is 30.7 Å². The molecule has 0 radical (unpaired) electrons. The van der Waals surface area contributed by atoms with Crippen molar-refractivity contribution in [3.63, 3.8) is 0 Å². The Bertz CT molecular complexity index is 816. The van der Waals surface area contributed by atoms with Crippen LogP contribution in [0.1, 0.15) is 37.0 Å². The number of hydrogen-bond acceptors (Lipinski definition) is 4. The number of ether oxygens (including phenoxy) is 1. The largest absolute Gasteiger partial charge is 0.417 e. The first-order valence-electron chi connectivity index (χ1n) is 8.23. The number of nitrogens with one attached hydrogen (secondary N) is 2. The number of amides is 1. The fourth-order valence-corrected chi connectivity index (χ4v) is 3.33. The molecule has 2 aliphatic heterocycles. The summed E-state index contributed by atoms with van der Waals surface area (Å²) in [7, 11) is 0. The number of nitrogens with zero attached hydrogens (tertiary/aromatic N) is 1. The minimum Gasteiger partial charge on any atom is -0.367 e. The van der Waals surface area contributed by atoms with Gasteiger partial charge in [0.1, 0.15) is 5.69 Å². The number of carbonyl (C=O) groups is 1. The van der Waals surface area contributed by atoms with Crippen LogP contribution in [0.4, 0.5) is 18.9 Å². The molecular formula is C18H20F3N3O2. The number of alkyl halides is 3. The van der Waals surface area contributed by atoms with Gasteiger partial charge in [-0.15, -0.1) is 0 Å². The predicted octanol–water partition coefficient (Wildman–Crippen LogP) is 3.65. The molecule has 1 unspecified atom stereocenters. The van der Waals surface area contributed by atoms with Crippen molar-refractivity contribution >= 4 is 11.6 Å². The molecule has 0 aliphatic carbocycles. The zero-order valence-electron chi connectivity index (χ0n) is 13.6. The van der Waals surface area contributed by atoms with E-state index in [-0.39, 0.29) is 20.8 Å². The first-order valence-corrected chi connectivity index (χ1v) is 8.23. The van der Waals surface area contributed by atoms with Gasteiger partial charge in [-0.1, -0.05) is 12.1 Å².